The fraction of sp³-hybridized carbons (Fsp3) is 0.500. The Labute approximate surface area is 107 Å². The van der Waals surface area contributed by atoms with Crippen molar-refractivity contribution in [3.63, 3.8) is 0 Å². The topological polar surface area (TPSA) is 41.1 Å². The molecule has 1 amide bonds. The first-order valence-electron chi connectivity index (χ1n) is 6.44. The van der Waals surface area contributed by atoms with Gasteiger partial charge in [0.25, 0.3) is 5.91 Å². The van der Waals surface area contributed by atoms with E-state index in [1.807, 2.05) is 0 Å². The Kier molecular flexibility index (Phi) is 4.31. The molecule has 0 unspecified atom stereocenters. The molecule has 0 spiro atoms. The lowest BCUT2D eigenvalue weighted by Crippen LogP contribution is -2.28. The first-order chi connectivity index (χ1) is 8.66. The second-order valence-corrected chi connectivity index (χ2v) is 4.82. The smallest absolute Gasteiger partial charge is 0.254 e. The molecule has 1 aliphatic rings. The fourth-order valence-corrected chi connectivity index (χ4v) is 1.78. The maximum Gasteiger partial charge on any atom is 0.254 e. The summed E-state index contributed by atoms with van der Waals surface area (Å²) in [5, 5.41) is 6.10. The van der Waals surface area contributed by atoms with Crippen molar-refractivity contribution in [3.8, 4) is 0 Å². The molecule has 0 radical (unpaired) electrons. The molecule has 4 heteroatoms. The zero-order chi connectivity index (χ0) is 13.0. The molecule has 0 aromatic heterocycles. The number of amides is 1. The van der Waals surface area contributed by atoms with Gasteiger partial charge < -0.3 is 10.6 Å². The van der Waals surface area contributed by atoms with E-state index >= 15 is 0 Å². The summed E-state index contributed by atoms with van der Waals surface area (Å²) in [4.78, 5) is 11.7. The molecule has 1 fully saturated rings. The highest BCUT2D eigenvalue weighted by molar-refractivity contribution is 5.94. The van der Waals surface area contributed by atoms with Crippen molar-refractivity contribution in [2.24, 2.45) is 0 Å². The summed E-state index contributed by atoms with van der Waals surface area (Å²) < 4.78 is 13.5. The number of rotatable bonds is 6. The average molecular weight is 250 g/mol. The molecule has 3 nitrogen and oxygen atoms in total. The molecule has 0 atom stereocenters. The fourth-order valence-electron chi connectivity index (χ4n) is 1.78. The van der Waals surface area contributed by atoms with Crippen molar-refractivity contribution in [2.75, 3.05) is 13.1 Å². The van der Waals surface area contributed by atoms with E-state index < -0.39 is 5.82 Å². The number of carbonyl (C=O) groups is 1. The maximum atomic E-state index is 13.5. The first-order valence-corrected chi connectivity index (χ1v) is 6.44. The summed E-state index contributed by atoms with van der Waals surface area (Å²) in [6, 6.07) is 5.34. The van der Waals surface area contributed by atoms with Gasteiger partial charge in [0.2, 0.25) is 0 Å². The predicted octanol–water partition coefficient (Wildman–Crippen LogP) is 2.01. The molecule has 2 N–H and O–H groups in total. The standard InChI is InChI=1S/C14H19FN2O/c1-10-3-6-12(13(15)9-10)14(18)17-8-2-7-16-11-4-5-11/h3,6,9,11,16H,2,4-5,7-8H2,1H3,(H,17,18). The summed E-state index contributed by atoms with van der Waals surface area (Å²) >= 11 is 0. The Morgan fingerprint density at radius 2 is 2.17 bits per heavy atom. The summed E-state index contributed by atoms with van der Waals surface area (Å²) in [5.74, 6) is -0.789. The summed E-state index contributed by atoms with van der Waals surface area (Å²) in [7, 11) is 0. The molecule has 0 heterocycles. The third-order valence-electron chi connectivity index (χ3n) is 3.02. The SMILES string of the molecule is Cc1ccc(C(=O)NCCCNC2CC2)c(F)c1. The Balaban J connectivity index is 1.72. The molecule has 18 heavy (non-hydrogen) atoms. The van der Waals surface area contributed by atoms with Crippen LogP contribution in [0.25, 0.3) is 0 Å². The van der Waals surface area contributed by atoms with Crippen LogP contribution in [0.2, 0.25) is 0 Å². The van der Waals surface area contributed by atoms with E-state index in [0.717, 1.165) is 18.5 Å². The van der Waals surface area contributed by atoms with Crippen LogP contribution in [0.15, 0.2) is 18.2 Å². The zero-order valence-corrected chi connectivity index (χ0v) is 10.6. The number of halogens is 1. The van der Waals surface area contributed by atoms with Gasteiger partial charge in [-0.2, -0.15) is 0 Å². The van der Waals surface area contributed by atoms with Gasteiger partial charge in [0.05, 0.1) is 5.56 Å². The molecule has 2 rings (SSSR count). The van der Waals surface area contributed by atoms with Gasteiger partial charge in [0.1, 0.15) is 5.82 Å². The summed E-state index contributed by atoms with van der Waals surface area (Å²) in [6.07, 6.45) is 3.40. The molecule has 1 aromatic carbocycles. The van der Waals surface area contributed by atoms with Crippen LogP contribution >= 0.6 is 0 Å². The van der Waals surface area contributed by atoms with E-state index in [9.17, 15) is 9.18 Å². The minimum Gasteiger partial charge on any atom is -0.352 e. The highest BCUT2D eigenvalue weighted by Gasteiger charge is 2.19. The number of hydrogen-bond donors (Lipinski definition) is 2. The quantitative estimate of drug-likeness (QED) is 0.758. The predicted molar refractivity (Wildman–Crippen MR) is 69.1 cm³/mol. The van der Waals surface area contributed by atoms with E-state index in [2.05, 4.69) is 10.6 Å². The van der Waals surface area contributed by atoms with E-state index in [-0.39, 0.29) is 11.5 Å². The Bertz CT molecular complexity index is 430. The van der Waals surface area contributed by atoms with E-state index in [0.29, 0.717) is 12.6 Å². The van der Waals surface area contributed by atoms with Crippen LogP contribution < -0.4 is 10.6 Å². The van der Waals surface area contributed by atoms with Gasteiger partial charge in [-0.1, -0.05) is 6.07 Å². The minimum absolute atomic E-state index is 0.121. The maximum absolute atomic E-state index is 13.5. The minimum atomic E-state index is -0.455. The third kappa shape index (κ3) is 3.81. The number of hydrogen-bond acceptors (Lipinski definition) is 2. The van der Waals surface area contributed by atoms with E-state index in [1.54, 1.807) is 13.0 Å². The lowest BCUT2D eigenvalue weighted by molar-refractivity contribution is 0.0949. The van der Waals surface area contributed by atoms with Crippen LogP contribution in [0.1, 0.15) is 35.2 Å². The summed E-state index contributed by atoms with van der Waals surface area (Å²) in [6.45, 7) is 3.28. The van der Waals surface area contributed by atoms with Gasteiger partial charge in [0.15, 0.2) is 0 Å². The number of carbonyl (C=O) groups excluding carboxylic acids is 1. The largest absolute Gasteiger partial charge is 0.352 e. The van der Waals surface area contributed by atoms with Gasteiger partial charge in [-0.25, -0.2) is 4.39 Å². The number of nitrogens with one attached hydrogen (secondary N) is 2. The van der Waals surface area contributed by atoms with Crippen molar-refractivity contribution in [1.82, 2.24) is 10.6 Å². The molecule has 0 aliphatic heterocycles. The average Bonchev–Trinajstić information content (AvgIpc) is 3.12. The zero-order valence-electron chi connectivity index (χ0n) is 10.6. The van der Waals surface area contributed by atoms with Crippen molar-refractivity contribution < 1.29 is 9.18 Å². The molecule has 0 bridgehead atoms. The van der Waals surface area contributed by atoms with Gasteiger partial charge in [-0.3, -0.25) is 4.79 Å². The normalized spacial score (nSPS) is 14.6. The van der Waals surface area contributed by atoms with Crippen molar-refractivity contribution in [3.05, 3.63) is 35.1 Å². The van der Waals surface area contributed by atoms with Gasteiger partial charge >= 0.3 is 0 Å². The van der Waals surface area contributed by atoms with Crippen LogP contribution in [0.3, 0.4) is 0 Å². The van der Waals surface area contributed by atoms with Gasteiger partial charge in [0, 0.05) is 12.6 Å². The summed E-state index contributed by atoms with van der Waals surface area (Å²) in [5.41, 5.74) is 0.938. The molecule has 98 valence electrons. The lowest BCUT2D eigenvalue weighted by Gasteiger charge is -2.07. The molecule has 1 aromatic rings. The van der Waals surface area contributed by atoms with Crippen molar-refractivity contribution >= 4 is 5.91 Å². The second kappa shape index (κ2) is 5.96. The van der Waals surface area contributed by atoms with Crippen molar-refractivity contribution in [1.29, 1.82) is 0 Å². The number of benzene rings is 1. The van der Waals surface area contributed by atoms with Crippen LogP contribution in [0.4, 0.5) is 4.39 Å². The van der Waals surface area contributed by atoms with Crippen LogP contribution in [0, 0.1) is 12.7 Å². The Morgan fingerprint density at radius 3 is 2.83 bits per heavy atom. The van der Waals surface area contributed by atoms with Gasteiger partial charge in [-0.05, 0) is 50.4 Å². The third-order valence-corrected chi connectivity index (χ3v) is 3.02. The highest BCUT2D eigenvalue weighted by Crippen LogP contribution is 2.18. The highest BCUT2D eigenvalue weighted by atomic mass is 19.1. The van der Waals surface area contributed by atoms with Crippen LogP contribution in [-0.4, -0.2) is 25.0 Å². The number of aryl methyl sites for hydroxylation is 1. The van der Waals surface area contributed by atoms with Gasteiger partial charge in [-0.15, -0.1) is 0 Å². The lowest BCUT2D eigenvalue weighted by atomic mass is 10.1. The first kappa shape index (κ1) is 13.0. The Hall–Kier alpha value is -1.42. The van der Waals surface area contributed by atoms with Crippen molar-refractivity contribution in [2.45, 2.75) is 32.2 Å². The van der Waals surface area contributed by atoms with Crippen LogP contribution in [0.5, 0.6) is 0 Å². The molecular formula is C14H19FN2O. The molecule has 1 aliphatic carbocycles. The molecule has 0 saturated heterocycles. The monoisotopic (exact) mass is 250 g/mol. The second-order valence-electron chi connectivity index (χ2n) is 4.82. The Morgan fingerprint density at radius 1 is 1.39 bits per heavy atom. The molecular weight excluding hydrogens is 231 g/mol. The van der Waals surface area contributed by atoms with E-state index in [4.69, 9.17) is 0 Å². The molecule has 1 saturated carbocycles. The van der Waals surface area contributed by atoms with Crippen LogP contribution in [-0.2, 0) is 0 Å². The van der Waals surface area contributed by atoms with E-state index in [1.165, 1.54) is 25.0 Å².